The molecule has 0 bridgehead atoms. The van der Waals surface area contributed by atoms with Crippen molar-refractivity contribution in [3.63, 3.8) is 0 Å². The van der Waals surface area contributed by atoms with E-state index in [1.54, 1.807) is 5.38 Å². The second kappa shape index (κ2) is 6.09. The van der Waals surface area contributed by atoms with E-state index in [0.29, 0.717) is 5.02 Å². The number of rotatable bonds is 4. The number of hydrogen-bond donors (Lipinski definition) is 2. The van der Waals surface area contributed by atoms with Crippen LogP contribution in [0.5, 0.6) is 0 Å². The van der Waals surface area contributed by atoms with Crippen molar-refractivity contribution in [3.8, 4) is 0 Å². The number of nitrogens with one attached hydrogen (secondary N) is 1. The molecule has 0 saturated heterocycles. The highest BCUT2D eigenvalue weighted by Crippen LogP contribution is 2.35. The molecule has 1 heterocycles. The Morgan fingerprint density at radius 2 is 1.75 bits per heavy atom. The molecule has 2 rings (SSSR count). The monoisotopic (exact) mass is 370 g/mol. The highest BCUT2D eigenvalue weighted by atomic mass is 35.5. The van der Waals surface area contributed by atoms with Crippen molar-refractivity contribution < 1.29 is 8.42 Å². The maximum atomic E-state index is 12.2. The van der Waals surface area contributed by atoms with Gasteiger partial charge in [0.05, 0.1) is 15.7 Å². The first-order valence-electron chi connectivity index (χ1n) is 5.28. The first-order chi connectivity index (χ1) is 9.33. The quantitative estimate of drug-likeness (QED) is 0.854. The molecular weight excluding hydrogens is 363 g/mol. The molecule has 2 aromatic rings. The molecule has 9 heteroatoms. The average molecular weight is 372 g/mol. The van der Waals surface area contributed by atoms with Crippen LogP contribution < -0.4 is 10.5 Å². The minimum atomic E-state index is -3.76. The van der Waals surface area contributed by atoms with Gasteiger partial charge < -0.3 is 5.73 Å². The summed E-state index contributed by atoms with van der Waals surface area (Å²) in [4.78, 5) is 0. The highest BCUT2D eigenvalue weighted by molar-refractivity contribution is 7.94. The van der Waals surface area contributed by atoms with Crippen molar-refractivity contribution in [2.24, 2.45) is 5.73 Å². The van der Waals surface area contributed by atoms with E-state index in [2.05, 4.69) is 4.72 Å². The van der Waals surface area contributed by atoms with Crippen LogP contribution in [0.15, 0.2) is 27.8 Å². The molecule has 108 valence electrons. The van der Waals surface area contributed by atoms with E-state index in [1.807, 2.05) is 0 Å². The third-order valence-electron chi connectivity index (χ3n) is 2.37. The van der Waals surface area contributed by atoms with Crippen LogP contribution in [0.1, 0.15) is 5.56 Å². The Kier molecular flexibility index (Phi) is 4.84. The van der Waals surface area contributed by atoms with Crippen molar-refractivity contribution in [2.45, 2.75) is 10.8 Å². The van der Waals surface area contributed by atoms with Gasteiger partial charge in [-0.3, -0.25) is 4.72 Å². The Bertz CT molecular complexity index is 721. The Balaban J connectivity index is 2.38. The van der Waals surface area contributed by atoms with E-state index in [-0.39, 0.29) is 26.5 Å². The standard InChI is InChI=1S/C11H9Cl3N2O2S2/c12-7-2-8(13)11(9(14)3-7)16-20(17,18)10-1-6(4-15)5-19-10/h1-3,5,16H,4,15H2. The summed E-state index contributed by atoms with van der Waals surface area (Å²) in [5, 5.41) is 2.26. The summed E-state index contributed by atoms with van der Waals surface area (Å²) in [6.45, 7) is 0.272. The van der Waals surface area contributed by atoms with Gasteiger partial charge in [-0.1, -0.05) is 34.8 Å². The number of sulfonamides is 1. The summed E-state index contributed by atoms with van der Waals surface area (Å²) in [5.74, 6) is 0. The minimum Gasteiger partial charge on any atom is -0.326 e. The fourth-order valence-electron chi connectivity index (χ4n) is 1.43. The minimum absolute atomic E-state index is 0.0976. The molecule has 0 radical (unpaired) electrons. The number of nitrogens with two attached hydrogens (primary N) is 1. The van der Waals surface area contributed by atoms with Crippen LogP contribution in [0.25, 0.3) is 0 Å². The zero-order valence-corrected chi connectivity index (χ0v) is 13.8. The Morgan fingerprint density at radius 3 is 2.25 bits per heavy atom. The molecule has 3 N–H and O–H groups in total. The van der Waals surface area contributed by atoms with Crippen molar-refractivity contribution in [2.75, 3.05) is 4.72 Å². The van der Waals surface area contributed by atoms with Gasteiger partial charge in [-0.15, -0.1) is 11.3 Å². The fourth-order valence-corrected chi connectivity index (χ4v) is 4.77. The van der Waals surface area contributed by atoms with Crippen molar-refractivity contribution in [3.05, 3.63) is 44.2 Å². The van der Waals surface area contributed by atoms with Crippen LogP contribution >= 0.6 is 46.1 Å². The van der Waals surface area contributed by atoms with Crippen LogP contribution in [0.2, 0.25) is 15.1 Å². The van der Waals surface area contributed by atoms with E-state index < -0.39 is 10.0 Å². The molecule has 0 amide bonds. The molecular formula is C11H9Cl3N2O2S2. The molecule has 0 aliphatic carbocycles. The van der Waals surface area contributed by atoms with Gasteiger partial charge in [0, 0.05) is 11.6 Å². The van der Waals surface area contributed by atoms with Gasteiger partial charge >= 0.3 is 0 Å². The van der Waals surface area contributed by atoms with Crippen LogP contribution in [0.3, 0.4) is 0 Å². The zero-order valence-electron chi connectivity index (χ0n) is 9.86. The average Bonchev–Trinajstić information content (AvgIpc) is 2.83. The molecule has 20 heavy (non-hydrogen) atoms. The van der Waals surface area contributed by atoms with Crippen LogP contribution in [-0.2, 0) is 16.6 Å². The maximum absolute atomic E-state index is 12.2. The maximum Gasteiger partial charge on any atom is 0.271 e. The lowest BCUT2D eigenvalue weighted by Crippen LogP contribution is -2.12. The molecule has 1 aromatic carbocycles. The molecule has 4 nitrogen and oxygen atoms in total. The smallest absolute Gasteiger partial charge is 0.271 e. The predicted molar refractivity (Wildman–Crippen MR) is 84.5 cm³/mol. The summed E-state index contributed by atoms with van der Waals surface area (Å²) in [7, 11) is -3.76. The molecule has 0 aliphatic heterocycles. The highest BCUT2D eigenvalue weighted by Gasteiger charge is 2.20. The largest absolute Gasteiger partial charge is 0.326 e. The molecule has 0 aliphatic rings. The van der Waals surface area contributed by atoms with Crippen LogP contribution in [0.4, 0.5) is 5.69 Å². The lowest BCUT2D eigenvalue weighted by Gasteiger charge is -2.10. The number of hydrogen-bond acceptors (Lipinski definition) is 4. The van der Waals surface area contributed by atoms with Crippen molar-refractivity contribution >= 4 is 61.9 Å². The summed E-state index contributed by atoms with van der Waals surface area (Å²) in [5.41, 5.74) is 6.30. The van der Waals surface area contributed by atoms with Gasteiger partial charge in [-0.25, -0.2) is 8.42 Å². The fraction of sp³-hybridized carbons (Fsp3) is 0.0909. The predicted octanol–water partition coefficient (Wildman–Crippen LogP) is 3.97. The molecule has 0 unspecified atom stereocenters. The second-order valence-corrected chi connectivity index (χ2v) is 7.90. The van der Waals surface area contributed by atoms with Gasteiger partial charge in [0.25, 0.3) is 10.0 Å². The summed E-state index contributed by atoms with van der Waals surface area (Å²) in [6, 6.07) is 4.32. The van der Waals surface area contributed by atoms with Crippen molar-refractivity contribution in [1.29, 1.82) is 0 Å². The van der Waals surface area contributed by atoms with Gasteiger partial charge in [0.15, 0.2) is 0 Å². The lowest BCUT2D eigenvalue weighted by molar-refractivity contribution is 0.603. The number of thiophene rings is 1. The third-order valence-corrected chi connectivity index (χ3v) is 6.03. The Labute approximate surface area is 135 Å². The summed E-state index contributed by atoms with van der Waals surface area (Å²) < 4.78 is 27.0. The van der Waals surface area contributed by atoms with E-state index in [4.69, 9.17) is 40.5 Å². The molecule has 0 fully saturated rings. The molecule has 0 atom stereocenters. The van der Waals surface area contributed by atoms with Crippen LogP contribution in [-0.4, -0.2) is 8.42 Å². The topological polar surface area (TPSA) is 72.2 Å². The zero-order chi connectivity index (χ0) is 14.9. The molecule has 0 spiro atoms. The molecule has 1 aromatic heterocycles. The summed E-state index contributed by atoms with van der Waals surface area (Å²) >= 11 is 18.7. The Hall–Kier alpha value is -0.500. The van der Waals surface area contributed by atoms with Gasteiger partial charge in [-0.2, -0.15) is 0 Å². The van der Waals surface area contributed by atoms with Gasteiger partial charge in [0.2, 0.25) is 0 Å². The number of benzene rings is 1. The van der Waals surface area contributed by atoms with Gasteiger partial charge in [-0.05, 0) is 29.1 Å². The van der Waals surface area contributed by atoms with E-state index >= 15 is 0 Å². The lowest BCUT2D eigenvalue weighted by atomic mass is 10.3. The Morgan fingerprint density at radius 1 is 1.15 bits per heavy atom. The number of anilines is 1. The number of halogens is 3. The van der Waals surface area contributed by atoms with E-state index in [0.717, 1.165) is 16.9 Å². The molecule has 0 saturated carbocycles. The van der Waals surface area contributed by atoms with Crippen molar-refractivity contribution in [1.82, 2.24) is 0 Å². The van der Waals surface area contributed by atoms with E-state index in [9.17, 15) is 8.42 Å². The summed E-state index contributed by atoms with van der Waals surface area (Å²) in [6.07, 6.45) is 0. The third kappa shape index (κ3) is 3.39. The normalized spacial score (nSPS) is 11.6. The SMILES string of the molecule is NCc1csc(S(=O)(=O)Nc2c(Cl)cc(Cl)cc2Cl)c1. The first kappa shape index (κ1) is 15.9. The second-order valence-electron chi connectivity index (χ2n) is 3.83. The first-order valence-corrected chi connectivity index (χ1v) is 8.78. The van der Waals surface area contributed by atoms with Crippen LogP contribution in [0, 0.1) is 0 Å². The van der Waals surface area contributed by atoms with Gasteiger partial charge in [0.1, 0.15) is 4.21 Å². The van der Waals surface area contributed by atoms with E-state index in [1.165, 1.54) is 18.2 Å².